The lowest BCUT2D eigenvalue weighted by Gasteiger charge is -2.22. The fraction of sp³-hybridized carbons (Fsp3) is 0.263. The first kappa shape index (κ1) is 40.7. The van der Waals surface area contributed by atoms with Gasteiger partial charge in [0.15, 0.2) is 23.0 Å². The number of aliphatic carboxylic acids is 1. The molecule has 0 bridgehead atoms. The molecule has 0 unspecified atom stereocenters. The molecule has 0 aliphatic heterocycles. The Hall–Kier alpha value is -7.04. The van der Waals surface area contributed by atoms with Crippen LogP contribution in [0.5, 0.6) is 23.0 Å². The molecule has 288 valence electrons. The number of carboxylic acid groups (broad SMARTS) is 1. The molecule has 3 aromatic carbocycles. The molecule has 17 nitrogen and oxygen atoms in total. The van der Waals surface area contributed by atoms with E-state index < -0.39 is 65.4 Å². The number of esters is 4. The van der Waals surface area contributed by atoms with E-state index >= 15 is 0 Å². The van der Waals surface area contributed by atoms with Gasteiger partial charge in [0.2, 0.25) is 5.91 Å². The van der Waals surface area contributed by atoms with Crippen molar-refractivity contribution >= 4 is 58.5 Å². The Morgan fingerprint density at radius 3 is 1.75 bits per heavy atom. The lowest BCUT2D eigenvalue weighted by Crippen LogP contribution is -2.52. The molecule has 1 heterocycles. The molecule has 17 heteroatoms. The van der Waals surface area contributed by atoms with Crippen molar-refractivity contribution in [3.8, 4) is 23.0 Å². The molecule has 4 aromatic rings. The number of benzene rings is 3. The summed E-state index contributed by atoms with van der Waals surface area (Å²) in [7, 11) is 0. The third-order valence-corrected chi connectivity index (χ3v) is 7.74. The molecule has 55 heavy (non-hydrogen) atoms. The highest BCUT2D eigenvalue weighted by molar-refractivity contribution is 6.02. The minimum atomic E-state index is -1.43. The number of rotatable bonds is 16. The summed E-state index contributed by atoms with van der Waals surface area (Å²) >= 11 is 0. The predicted molar refractivity (Wildman–Crippen MR) is 193 cm³/mol. The Bertz CT molecular complexity index is 2140. The van der Waals surface area contributed by atoms with Crippen molar-refractivity contribution in [3.63, 3.8) is 0 Å². The zero-order valence-corrected chi connectivity index (χ0v) is 30.2. The highest BCUT2D eigenvalue weighted by Gasteiger charge is 2.30. The maximum atomic E-state index is 13.8. The van der Waals surface area contributed by atoms with Crippen molar-refractivity contribution in [2.45, 2.75) is 59.0 Å². The van der Waals surface area contributed by atoms with E-state index in [0.717, 1.165) is 38.6 Å². The van der Waals surface area contributed by atoms with E-state index in [1.807, 2.05) is 12.1 Å². The first-order valence-corrected chi connectivity index (χ1v) is 16.8. The van der Waals surface area contributed by atoms with Crippen LogP contribution in [0.25, 0.3) is 10.9 Å². The van der Waals surface area contributed by atoms with Crippen LogP contribution in [-0.4, -0.2) is 76.3 Å². The van der Waals surface area contributed by atoms with Crippen LogP contribution >= 0.6 is 0 Å². The number of H-pyrrole nitrogens is 1. The van der Waals surface area contributed by atoms with Crippen molar-refractivity contribution < 1.29 is 62.4 Å². The number of hydrogen-bond donors (Lipinski definition) is 5. The SMILES string of the molecule is CC(=O)Oc1cccc(C(=O)NCCC[C@@H](NC(=O)c2cccc(OC(C)=O)c2OC(C)=O)C(=O)N[C@@H](Cc2c[nH]c3ccccc23)C(=O)O)c1OC(C)=O. The molecule has 0 aliphatic carbocycles. The summed E-state index contributed by atoms with van der Waals surface area (Å²) in [6, 6.07) is 12.3. The predicted octanol–water partition coefficient (Wildman–Crippen LogP) is 2.99. The van der Waals surface area contributed by atoms with E-state index in [2.05, 4.69) is 20.9 Å². The molecule has 0 spiro atoms. The zero-order chi connectivity index (χ0) is 40.2. The summed E-state index contributed by atoms with van der Waals surface area (Å²) < 4.78 is 20.5. The lowest BCUT2D eigenvalue weighted by atomic mass is 10.0. The van der Waals surface area contributed by atoms with Gasteiger partial charge in [0.1, 0.15) is 12.1 Å². The molecular formula is C38H38N4O13. The van der Waals surface area contributed by atoms with Crippen LogP contribution < -0.4 is 34.9 Å². The Kier molecular flexibility index (Phi) is 13.8. The smallest absolute Gasteiger partial charge is 0.326 e. The van der Waals surface area contributed by atoms with Crippen LogP contribution in [0.1, 0.15) is 66.8 Å². The molecule has 0 saturated carbocycles. The number of carboxylic acids is 1. The van der Waals surface area contributed by atoms with Gasteiger partial charge in [-0.15, -0.1) is 0 Å². The number of hydrogen-bond acceptors (Lipinski definition) is 12. The first-order chi connectivity index (χ1) is 26.1. The van der Waals surface area contributed by atoms with Gasteiger partial charge in [-0.1, -0.05) is 30.3 Å². The van der Waals surface area contributed by atoms with Crippen molar-refractivity contribution in [1.29, 1.82) is 0 Å². The van der Waals surface area contributed by atoms with Crippen molar-refractivity contribution in [2.75, 3.05) is 6.54 Å². The van der Waals surface area contributed by atoms with Crippen molar-refractivity contribution in [1.82, 2.24) is 20.9 Å². The summed E-state index contributed by atoms with van der Waals surface area (Å²) in [5.74, 6) is -8.09. The van der Waals surface area contributed by atoms with E-state index in [1.165, 1.54) is 36.4 Å². The molecule has 0 radical (unpaired) electrons. The van der Waals surface area contributed by atoms with Gasteiger partial charge in [-0.25, -0.2) is 4.79 Å². The van der Waals surface area contributed by atoms with Crippen molar-refractivity contribution in [2.24, 2.45) is 0 Å². The number of ether oxygens (including phenoxy) is 4. The first-order valence-electron chi connectivity index (χ1n) is 16.8. The number of fused-ring (bicyclic) bond motifs is 1. The van der Waals surface area contributed by atoms with Crippen LogP contribution in [0, 0.1) is 0 Å². The molecule has 1 aromatic heterocycles. The number of para-hydroxylation sites is 3. The fourth-order valence-electron chi connectivity index (χ4n) is 5.46. The Balaban J connectivity index is 1.57. The monoisotopic (exact) mass is 758 g/mol. The lowest BCUT2D eigenvalue weighted by molar-refractivity contribution is -0.142. The number of nitrogens with one attached hydrogen (secondary N) is 4. The van der Waals surface area contributed by atoms with Crippen LogP contribution in [0.2, 0.25) is 0 Å². The quantitative estimate of drug-likeness (QED) is 0.0628. The molecule has 4 rings (SSSR count). The molecule has 0 aliphatic rings. The number of amides is 3. The Labute approximate surface area is 313 Å². The minimum absolute atomic E-state index is 0.0289. The van der Waals surface area contributed by atoms with Gasteiger partial charge in [-0.2, -0.15) is 0 Å². The Morgan fingerprint density at radius 1 is 0.655 bits per heavy atom. The average molecular weight is 759 g/mol. The highest BCUT2D eigenvalue weighted by Crippen LogP contribution is 2.33. The fourth-order valence-corrected chi connectivity index (χ4v) is 5.46. The van der Waals surface area contributed by atoms with E-state index in [4.69, 9.17) is 18.9 Å². The molecule has 0 saturated heterocycles. The number of carbonyl (C=O) groups is 8. The van der Waals surface area contributed by atoms with Crippen LogP contribution in [0.4, 0.5) is 0 Å². The Morgan fingerprint density at radius 2 is 1.20 bits per heavy atom. The summed E-state index contributed by atoms with van der Waals surface area (Å²) in [5, 5.41) is 18.5. The third-order valence-electron chi connectivity index (χ3n) is 7.74. The maximum absolute atomic E-state index is 13.8. The normalized spacial score (nSPS) is 11.7. The second-order valence-electron chi connectivity index (χ2n) is 12.0. The summed E-state index contributed by atoms with van der Waals surface area (Å²) in [5.41, 5.74) is 0.965. The van der Waals surface area contributed by atoms with Crippen molar-refractivity contribution in [3.05, 3.63) is 83.6 Å². The van der Waals surface area contributed by atoms with Gasteiger partial charge in [-0.05, 0) is 48.7 Å². The summed E-state index contributed by atoms with van der Waals surface area (Å²) in [6.07, 6.45) is 1.39. The topological polar surface area (TPSA) is 246 Å². The number of aromatic amines is 1. The molecular weight excluding hydrogens is 720 g/mol. The van der Waals surface area contributed by atoms with Gasteiger partial charge in [0, 0.05) is 57.8 Å². The number of carbonyl (C=O) groups excluding carboxylic acids is 7. The maximum Gasteiger partial charge on any atom is 0.326 e. The van der Waals surface area contributed by atoms with Gasteiger partial charge in [0.25, 0.3) is 11.8 Å². The second kappa shape index (κ2) is 18.6. The molecule has 5 N–H and O–H groups in total. The highest BCUT2D eigenvalue weighted by atomic mass is 16.6. The molecule has 2 atom stereocenters. The molecule has 3 amide bonds. The average Bonchev–Trinajstić information content (AvgIpc) is 3.52. The van der Waals surface area contributed by atoms with E-state index in [0.29, 0.717) is 5.56 Å². The van der Waals surface area contributed by atoms with Gasteiger partial charge < -0.3 is 45.0 Å². The van der Waals surface area contributed by atoms with E-state index in [9.17, 15) is 43.5 Å². The van der Waals surface area contributed by atoms with E-state index in [-0.39, 0.29) is 54.2 Å². The van der Waals surface area contributed by atoms with Gasteiger partial charge in [0.05, 0.1) is 11.1 Å². The number of aromatic nitrogens is 1. The summed E-state index contributed by atoms with van der Waals surface area (Å²) in [4.78, 5) is 103. The molecule has 0 fully saturated rings. The van der Waals surface area contributed by atoms with Crippen LogP contribution in [-0.2, 0) is 35.2 Å². The van der Waals surface area contributed by atoms with Gasteiger partial charge in [-0.3, -0.25) is 33.6 Å². The third kappa shape index (κ3) is 11.2. The van der Waals surface area contributed by atoms with Crippen LogP contribution in [0.15, 0.2) is 66.9 Å². The van der Waals surface area contributed by atoms with Gasteiger partial charge >= 0.3 is 29.8 Å². The van der Waals surface area contributed by atoms with E-state index in [1.54, 1.807) is 18.3 Å². The van der Waals surface area contributed by atoms with Crippen LogP contribution in [0.3, 0.4) is 0 Å². The largest absolute Gasteiger partial charge is 0.480 e. The standard InChI is InChI=1S/C38H38N4O13/c1-20(43)52-31-15-7-11-26(33(31)54-22(3)45)35(47)39-17-9-14-29(41-36(48)27-12-8-16-32(53-21(2)44)34(27)55-23(4)46)37(49)42-30(38(50)51)18-24-19-40-28-13-6-5-10-25(24)28/h5-8,10-13,15-16,19,29-30,40H,9,14,17-18H2,1-4H3,(H,39,47)(H,41,48)(H,42,49)(H,50,51)/t29-,30+/m1/s1. The summed E-state index contributed by atoms with van der Waals surface area (Å²) in [6.45, 7) is 4.30. The minimum Gasteiger partial charge on any atom is -0.480 e. The second-order valence-corrected chi connectivity index (χ2v) is 12.0. The zero-order valence-electron chi connectivity index (χ0n) is 30.2.